The zero-order valence-corrected chi connectivity index (χ0v) is 37.1. The van der Waals surface area contributed by atoms with E-state index in [1.807, 2.05) is 68.4 Å². The average Bonchev–Trinajstić information content (AvgIpc) is 3.33. The smallest absolute Gasteiger partial charge is 0.0482 e. The van der Waals surface area contributed by atoms with Gasteiger partial charge in [-0.2, -0.15) is 0 Å². The molecular weight excluding hydrogens is 737 g/mol. The quantitative estimate of drug-likeness (QED) is 0.0690. The van der Waals surface area contributed by atoms with Gasteiger partial charge in [-0.25, -0.2) is 0 Å². The molecule has 0 aromatic heterocycles. The summed E-state index contributed by atoms with van der Waals surface area (Å²) in [5, 5.41) is 7.15. The Kier molecular flexibility index (Phi) is 24.8. The Morgan fingerprint density at radius 2 is 1.16 bits per heavy atom. The van der Waals surface area contributed by atoms with Crippen LogP contribution >= 0.6 is 0 Å². The number of terminal acetylenes is 1. The summed E-state index contributed by atoms with van der Waals surface area (Å²) in [6, 6.07) is 61.4. The number of anilines is 2. The second kappa shape index (κ2) is 31.1. The lowest BCUT2D eigenvalue weighted by molar-refractivity contribution is 0.886. The maximum Gasteiger partial charge on any atom is 0.0482 e. The summed E-state index contributed by atoms with van der Waals surface area (Å²) in [6.45, 7) is 9.87. The molecule has 0 saturated heterocycles. The highest BCUT2D eigenvalue weighted by Crippen LogP contribution is 2.26. The van der Waals surface area contributed by atoms with Crippen LogP contribution < -0.4 is 10.6 Å². The van der Waals surface area contributed by atoms with E-state index >= 15 is 0 Å². The fourth-order valence-corrected chi connectivity index (χ4v) is 6.22. The van der Waals surface area contributed by atoms with Gasteiger partial charge in [-0.1, -0.05) is 215 Å². The van der Waals surface area contributed by atoms with Crippen LogP contribution in [0.4, 0.5) is 11.4 Å². The molecule has 0 radical (unpaired) electrons. The summed E-state index contributed by atoms with van der Waals surface area (Å²) in [6.07, 6.45) is 27.5. The van der Waals surface area contributed by atoms with Crippen molar-refractivity contribution in [1.29, 1.82) is 0 Å². The largest absolute Gasteiger partial charge is 0.379 e. The van der Waals surface area contributed by atoms with Crippen LogP contribution in [0.5, 0.6) is 0 Å². The molecule has 0 bridgehead atoms. The van der Waals surface area contributed by atoms with E-state index in [-0.39, 0.29) is 0 Å². The Labute approximate surface area is 369 Å². The van der Waals surface area contributed by atoms with Gasteiger partial charge in [0.25, 0.3) is 0 Å². The second-order valence-corrected chi connectivity index (χ2v) is 13.8. The topological polar surface area (TPSA) is 24.1 Å². The lowest BCUT2D eigenvalue weighted by atomic mass is 9.97. The molecule has 312 valence electrons. The van der Waals surface area contributed by atoms with E-state index in [1.54, 1.807) is 6.92 Å². The molecule has 0 fully saturated rings. The normalized spacial score (nSPS) is 12.7. The van der Waals surface area contributed by atoms with E-state index in [1.165, 1.54) is 33.4 Å². The van der Waals surface area contributed by atoms with Crippen molar-refractivity contribution in [3.8, 4) is 23.5 Å². The molecular formula is C59H66N2. The molecule has 1 atom stereocenters. The molecule has 1 unspecified atom stereocenters. The molecule has 2 heteroatoms. The van der Waals surface area contributed by atoms with Crippen molar-refractivity contribution >= 4 is 16.9 Å². The Morgan fingerprint density at radius 1 is 0.639 bits per heavy atom. The van der Waals surface area contributed by atoms with Crippen LogP contribution in [0.2, 0.25) is 0 Å². The first-order chi connectivity index (χ1) is 30.1. The van der Waals surface area contributed by atoms with E-state index in [0.29, 0.717) is 6.04 Å². The fourth-order valence-electron chi connectivity index (χ4n) is 6.22. The molecule has 7 rings (SSSR count). The highest BCUT2D eigenvalue weighted by molar-refractivity contribution is 5.75. The van der Waals surface area contributed by atoms with Crippen LogP contribution in [0.25, 0.3) is 16.7 Å². The minimum absolute atomic E-state index is 0.311. The predicted octanol–water partition coefficient (Wildman–Crippen LogP) is 16.2. The van der Waals surface area contributed by atoms with Gasteiger partial charge in [0, 0.05) is 23.1 Å². The molecule has 0 saturated carbocycles. The molecule has 6 aromatic rings. The maximum absolute atomic E-state index is 4.60. The number of hydrogen-bond acceptors (Lipinski definition) is 2. The van der Waals surface area contributed by atoms with Crippen LogP contribution in [-0.4, -0.2) is 6.04 Å². The Balaban J connectivity index is 0.000000368. The molecule has 0 aliphatic heterocycles. The fraction of sp³-hybridized carbons (Fsp3) is 0.186. The summed E-state index contributed by atoms with van der Waals surface area (Å²) in [5.41, 5.74) is 11.1. The third-order valence-electron chi connectivity index (χ3n) is 9.21. The molecule has 0 amide bonds. The lowest BCUT2D eigenvalue weighted by Gasteiger charge is -2.19. The SMILES string of the molecule is C#CC.C/C=C\CCc1ccccc1.CC.CC/C=C(\C=C/Cc1ccc(-c2ccc(NC3C=CC(c4ccccc4)=CC3)cc2)cc1)Nc1ccccc1.c1ccccc1. The van der Waals surface area contributed by atoms with Gasteiger partial charge in [0.2, 0.25) is 0 Å². The molecule has 6 aromatic carbocycles. The Bertz CT molecular complexity index is 2160. The summed E-state index contributed by atoms with van der Waals surface area (Å²) >= 11 is 0. The lowest BCUT2D eigenvalue weighted by Crippen LogP contribution is -2.17. The summed E-state index contributed by atoms with van der Waals surface area (Å²) < 4.78 is 0. The minimum Gasteiger partial charge on any atom is -0.379 e. The number of rotatable bonds is 13. The molecule has 2 N–H and O–H groups in total. The monoisotopic (exact) mass is 803 g/mol. The van der Waals surface area contributed by atoms with Gasteiger partial charge < -0.3 is 10.6 Å². The first-order valence-electron chi connectivity index (χ1n) is 21.7. The molecule has 2 nitrogen and oxygen atoms in total. The Hall–Kier alpha value is -6.82. The first-order valence-corrected chi connectivity index (χ1v) is 21.7. The highest BCUT2D eigenvalue weighted by atomic mass is 14.9. The van der Waals surface area contributed by atoms with Gasteiger partial charge in [0.1, 0.15) is 0 Å². The number of allylic oxidation sites excluding steroid dienone is 7. The highest BCUT2D eigenvalue weighted by Gasteiger charge is 2.10. The average molecular weight is 803 g/mol. The zero-order valence-electron chi connectivity index (χ0n) is 37.1. The Morgan fingerprint density at radius 3 is 1.69 bits per heavy atom. The number of nitrogens with one attached hydrogen (secondary N) is 2. The number of hydrogen-bond donors (Lipinski definition) is 2. The number of aryl methyl sites for hydroxylation is 1. The van der Waals surface area contributed by atoms with Gasteiger partial charge in [-0.15, -0.1) is 12.3 Å². The summed E-state index contributed by atoms with van der Waals surface area (Å²) in [5.74, 6) is 2.25. The molecule has 1 aliphatic carbocycles. The third-order valence-corrected chi connectivity index (χ3v) is 9.21. The van der Waals surface area contributed by atoms with Gasteiger partial charge in [-0.05, 0) is 110 Å². The van der Waals surface area contributed by atoms with Crippen LogP contribution in [0.3, 0.4) is 0 Å². The van der Waals surface area contributed by atoms with Gasteiger partial charge in [-0.3, -0.25) is 0 Å². The predicted molar refractivity (Wildman–Crippen MR) is 271 cm³/mol. The summed E-state index contributed by atoms with van der Waals surface area (Å²) in [7, 11) is 0. The van der Waals surface area contributed by atoms with Crippen molar-refractivity contribution in [3.63, 3.8) is 0 Å². The van der Waals surface area contributed by atoms with E-state index in [0.717, 1.165) is 49.2 Å². The summed E-state index contributed by atoms with van der Waals surface area (Å²) in [4.78, 5) is 0. The van der Waals surface area contributed by atoms with Crippen molar-refractivity contribution in [3.05, 3.63) is 247 Å². The van der Waals surface area contributed by atoms with Crippen LogP contribution in [0.1, 0.15) is 70.6 Å². The standard InChI is InChI=1S/C37H36N2.C11H14.C6H6.C3H4.C2H6/c1-2-10-34(38-35-14-7-4-8-15-35)16-9-11-29-17-19-31(20-18-29)33-23-27-37(28-24-33)39-36-25-21-32(22-26-36)30-12-5-3-6-13-30;1-2-3-5-8-11-9-6-4-7-10-11;1-2-4-6-5-3-1;1-3-2;1-2/h3-10,12-25,27-28,36,38-39H,2,11,26H2,1H3;2-4,6-7,9-10H,5,8H2,1H3;1-6H;1H,2H3;1-2H3/b16-9-,34-10+;3-2-;;;. The third kappa shape index (κ3) is 20.1. The van der Waals surface area contributed by atoms with Crippen LogP contribution in [0.15, 0.2) is 230 Å². The molecule has 1 aliphatic rings. The first kappa shape index (κ1) is 48.5. The van der Waals surface area contributed by atoms with Gasteiger partial charge in [0.15, 0.2) is 0 Å². The van der Waals surface area contributed by atoms with E-state index in [2.05, 4.69) is 207 Å². The number of para-hydroxylation sites is 1. The van der Waals surface area contributed by atoms with E-state index < -0.39 is 0 Å². The zero-order chi connectivity index (χ0) is 43.6. The van der Waals surface area contributed by atoms with Crippen molar-refractivity contribution < 1.29 is 0 Å². The van der Waals surface area contributed by atoms with Crippen molar-refractivity contribution in [2.24, 2.45) is 0 Å². The second-order valence-electron chi connectivity index (χ2n) is 13.8. The van der Waals surface area contributed by atoms with Gasteiger partial charge >= 0.3 is 0 Å². The minimum atomic E-state index is 0.311. The van der Waals surface area contributed by atoms with Crippen molar-refractivity contribution in [1.82, 2.24) is 0 Å². The molecule has 61 heavy (non-hydrogen) atoms. The molecule has 0 heterocycles. The van der Waals surface area contributed by atoms with E-state index in [9.17, 15) is 0 Å². The maximum atomic E-state index is 4.60. The van der Waals surface area contributed by atoms with Crippen molar-refractivity contribution in [2.75, 3.05) is 10.6 Å². The molecule has 0 spiro atoms. The van der Waals surface area contributed by atoms with Crippen molar-refractivity contribution in [2.45, 2.75) is 72.8 Å². The van der Waals surface area contributed by atoms with Crippen LogP contribution in [0, 0.1) is 12.3 Å². The number of benzene rings is 6. The van der Waals surface area contributed by atoms with Gasteiger partial charge in [0.05, 0.1) is 0 Å². The van der Waals surface area contributed by atoms with Crippen LogP contribution in [-0.2, 0) is 12.8 Å². The van der Waals surface area contributed by atoms with E-state index in [4.69, 9.17) is 0 Å².